The molecule has 1 aliphatic rings. The lowest BCUT2D eigenvalue weighted by molar-refractivity contribution is 0.0941. The van der Waals surface area contributed by atoms with Gasteiger partial charge in [-0.05, 0) is 40.2 Å². The van der Waals surface area contributed by atoms with Crippen LogP contribution in [0.5, 0.6) is 0 Å². The molecule has 0 atom stereocenters. The lowest BCUT2D eigenvalue weighted by Gasteiger charge is -2.33. The molecular formula is C12H17BrN2OS. The van der Waals surface area contributed by atoms with Gasteiger partial charge in [0.2, 0.25) is 0 Å². The average molecular weight is 317 g/mol. The third-order valence-electron chi connectivity index (χ3n) is 3.27. The third-order valence-corrected chi connectivity index (χ3v) is 5.11. The highest BCUT2D eigenvalue weighted by molar-refractivity contribution is 9.10. The molecule has 1 aliphatic carbocycles. The molecule has 2 rings (SSSR count). The van der Waals surface area contributed by atoms with Crippen molar-refractivity contribution < 1.29 is 4.79 Å². The van der Waals surface area contributed by atoms with Gasteiger partial charge in [0.15, 0.2) is 0 Å². The van der Waals surface area contributed by atoms with Gasteiger partial charge in [0, 0.05) is 16.6 Å². The number of carbonyl (C=O) groups excluding carboxylic acids is 1. The first-order valence-electron chi connectivity index (χ1n) is 5.91. The molecule has 5 heteroatoms. The molecule has 3 nitrogen and oxygen atoms in total. The van der Waals surface area contributed by atoms with Crippen LogP contribution in [0.3, 0.4) is 0 Å². The fourth-order valence-corrected chi connectivity index (χ4v) is 3.69. The van der Waals surface area contributed by atoms with Gasteiger partial charge in [0.25, 0.3) is 5.91 Å². The Morgan fingerprint density at radius 1 is 1.47 bits per heavy atom. The van der Waals surface area contributed by atoms with Crippen LogP contribution in [0.25, 0.3) is 0 Å². The number of amides is 1. The van der Waals surface area contributed by atoms with Crippen LogP contribution < -0.4 is 11.1 Å². The lowest BCUT2D eigenvalue weighted by Crippen LogP contribution is -2.51. The van der Waals surface area contributed by atoms with Crippen LogP contribution in [0.2, 0.25) is 0 Å². The van der Waals surface area contributed by atoms with Gasteiger partial charge in [-0.1, -0.05) is 19.3 Å². The standard InChI is InChI=1S/C12H17BrN2OS/c13-9-4-7-17-10(9)11(16)15-8-12(14)5-2-1-3-6-12/h4,7H,1-3,5-6,8,14H2,(H,15,16). The maximum atomic E-state index is 11.9. The van der Waals surface area contributed by atoms with Crippen LogP contribution in [0.4, 0.5) is 0 Å². The number of halogens is 1. The van der Waals surface area contributed by atoms with E-state index < -0.39 is 0 Å². The first kappa shape index (κ1) is 13.1. The van der Waals surface area contributed by atoms with Crippen LogP contribution in [0.1, 0.15) is 41.8 Å². The van der Waals surface area contributed by atoms with Crippen LogP contribution in [-0.2, 0) is 0 Å². The van der Waals surface area contributed by atoms with E-state index in [1.807, 2.05) is 11.4 Å². The smallest absolute Gasteiger partial charge is 0.262 e. The Morgan fingerprint density at radius 3 is 2.76 bits per heavy atom. The van der Waals surface area contributed by atoms with Crippen molar-refractivity contribution in [2.45, 2.75) is 37.6 Å². The van der Waals surface area contributed by atoms with Crippen LogP contribution in [-0.4, -0.2) is 18.0 Å². The van der Waals surface area contributed by atoms with Gasteiger partial charge in [-0.25, -0.2) is 0 Å². The minimum absolute atomic E-state index is 0.0257. The van der Waals surface area contributed by atoms with E-state index in [4.69, 9.17) is 5.73 Å². The summed E-state index contributed by atoms with van der Waals surface area (Å²) in [5.41, 5.74) is 6.08. The first-order chi connectivity index (χ1) is 8.11. The minimum atomic E-state index is -0.197. The monoisotopic (exact) mass is 316 g/mol. The number of hydrogen-bond acceptors (Lipinski definition) is 3. The van der Waals surface area contributed by atoms with E-state index >= 15 is 0 Å². The van der Waals surface area contributed by atoms with Gasteiger partial charge in [0.05, 0.1) is 0 Å². The molecular weight excluding hydrogens is 300 g/mol. The summed E-state index contributed by atoms with van der Waals surface area (Å²) < 4.78 is 0.856. The zero-order chi connectivity index (χ0) is 12.3. The Kier molecular flexibility index (Phi) is 4.22. The van der Waals surface area contributed by atoms with Crippen molar-refractivity contribution in [3.05, 3.63) is 20.8 Å². The summed E-state index contributed by atoms with van der Waals surface area (Å²) in [6.07, 6.45) is 5.64. The predicted octanol–water partition coefficient (Wildman–Crippen LogP) is 2.90. The van der Waals surface area contributed by atoms with Gasteiger partial charge < -0.3 is 11.1 Å². The minimum Gasteiger partial charge on any atom is -0.349 e. The Hall–Kier alpha value is -0.390. The molecule has 0 radical (unpaired) electrons. The van der Waals surface area contributed by atoms with E-state index in [1.54, 1.807) is 0 Å². The molecule has 1 saturated carbocycles. The highest BCUT2D eigenvalue weighted by atomic mass is 79.9. The summed E-state index contributed by atoms with van der Waals surface area (Å²) in [5.74, 6) is -0.0257. The van der Waals surface area contributed by atoms with Crippen molar-refractivity contribution in [2.24, 2.45) is 5.73 Å². The Balaban J connectivity index is 1.90. The zero-order valence-corrected chi connectivity index (χ0v) is 12.1. The SMILES string of the molecule is NC1(CNC(=O)c2sccc2Br)CCCCC1. The van der Waals surface area contributed by atoms with E-state index in [0.717, 1.165) is 22.2 Å². The molecule has 17 heavy (non-hydrogen) atoms. The second-order valence-corrected chi connectivity index (χ2v) is 6.47. The number of carbonyl (C=O) groups is 1. The summed E-state index contributed by atoms with van der Waals surface area (Å²) >= 11 is 4.81. The molecule has 1 fully saturated rings. The normalized spacial score (nSPS) is 18.9. The second-order valence-electron chi connectivity index (χ2n) is 4.70. The van der Waals surface area contributed by atoms with Crippen LogP contribution in [0, 0.1) is 0 Å². The molecule has 1 aromatic rings. The summed E-state index contributed by atoms with van der Waals surface area (Å²) in [7, 11) is 0. The predicted molar refractivity (Wildman–Crippen MR) is 74.4 cm³/mol. The van der Waals surface area contributed by atoms with Gasteiger partial charge in [-0.3, -0.25) is 4.79 Å². The van der Waals surface area contributed by atoms with Crippen LogP contribution >= 0.6 is 27.3 Å². The molecule has 0 bridgehead atoms. The first-order valence-corrected chi connectivity index (χ1v) is 7.58. The summed E-state index contributed by atoms with van der Waals surface area (Å²) in [4.78, 5) is 12.7. The largest absolute Gasteiger partial charge is 0.349 e. The molecule has 0 unspecified atom stereocenters. The number of nitrogens with one attached hydrogen (secondary N) is 1. The Labute approximate surface area is 114 Å². The molecule has 1 amide bonds. The fraction of sp³-hybridized carbons (Fsp3) is 0.583. The lowest BCUT2D eigenvalue weighted by atomic mass is 9.82. The highest BCUT2D eigenvalue weighted by Crippen LogP contribution is 2.26. The summed E-state index contributed by atoms with van der Waals surface area (Å²) in [6.45, 7) is 0.580. The zero-order valence-electron chi connectivity index (χ0n) is 9.67. The molecule has 0 saturated heterocycles. The molecule has 0 aliphatic heterocycles. The third kappa shape index (κ3) is 3.30. The summed E-state index contributed by atoms with van der Waals surface area (Å²) in [6, 6.07) is 1.89. The number of rotatable bonds is 3. The van der Waals surface area contributed by atoms with E-state index in [0.29, 0.717) is 6.54 Å². The second kappa shape index (κ2) is 5.50. The van der Waals surface area contributed by atoms with Crippen molar-refractivity contribution in [1.29, 1.82) is 0 Å². The highest BCUT2D eigenvalue weighted by Gasteiger charge is 2.28. The molecule has 1 heterocycles. The van der Waals surface area contributed by atoms with E-state index in [-0.39, 0.29) is 11.4 Å². The molecule has 0 spiro atoms. The van der Waals surface area contributed by atoms with Crippen molar-refractivity contribution in [2.75, 3.05) is 6.54 Å². The molecule has 94 valence electrons. The van der Waals surface area contributed by atoms with Crippen LogP contribution in [0.15, 0.2) is 15.9 Å². The Morgan fingerprint density at radius 2 is 2.18 bits per heavy atom. The van der Waals surface area contributed by atoms with Crippen molar-refractivity contribution in [3.8, 4) is 0 Å². The molecule has 0 aromatic carbocycles. The Bertz CT molecular complexity index is 399. The van der Waals surface area contributed by atoms with Gasteiger partial charge in [-0.15, -0.1) is 11.3 Å². The van der Waals surface area contributed by atoms with Gasteiger partial charge in [0.1, 0.15) is 4.88 Å². The average Bonchev–Trinajstić information content (AvgIpc) is 2.74. The van der Waals surface area contributed by atoms with Crippen molar-refractivity contribution >= 4 is 33.2 Å². The van der Waals surface area contributed by atoms with Crippen molar-refractivity contribution in [1.82, 2.24) is 5.32 Å². The molecule has 3 N–H and O–H groups in total. The summed E-state index contributed by atoms with van der Waals surface area (Å²) in [5, 5.41) is 4.85. The molecule has 1 aromatic heterocycles. The maximum Gasteiger partial charge on any atom is 0.262 e. The fourth-order valence-electron chi connectivity index (χ4n) is 2.23. The maximum absolute atomic E-state index is 11.9. The number of hydrogen-bond donors (Lipinski definition) is 2. The van der Waals surface area contributed by atoms with Gasteiger partial charge in [-0.2, -0.15) is 0 Å². The van der Waals surface area contributed by atoms with Gasteiger partial charge >= 0.3 is 0 Å². The van der Waals surface area contributed by atoms with Crippen molar-refractivity contribution in [3.63, 3.8) is 0 Å². The van der Waals surface area contributed by atoms with E-state index in [9.17, 15) is 4.79 Å². The number of thiophene rings is 1. The van der Waals surface area contributed by atoms with E-state index in [2.05, 4.69) is 21.2 Å². The quantitative estimate of drug-likeness (QED) is 0.900. The number of nitrogens with two attached hydrogens (primary N) is 1. The van der Waals surface area contributed by atoms with E-state index in [1.165, 1.54) is 30.6 Å². The topological polar surface area (TPSA) is 55.1 Å².